The van der Waals surface area contributed by atoms with Crippen LogP contribution in [0, 0.1) is 5.82 Å². The molecule has 0 saturated heterocycles. The Balaban J connectivity index is 2.08. The summed E-state index contributed by atoms with van der Waals surface area (Å²) >= 11 is 3.24. The van der Waals surface area contributed by atoms with Crippen molar-refractivity contribution in [3.63, 3.8) is 0 Å². The van der Waals surface area contributed by atoms with E-state index >= 15 is 0 Å². The molecule has 3 nitrogen and oxygen atoms in total. The van der Waals surface area contributed by atoms with Gasteiger partial charge in [-0.25, -0.2) is 14.4 Å². The minimum atomic E-state index is -0.404. The standard InChI is InChI=1S/C11H8BrFN2O/c12-8-2-3-9(13)10(6-8)16-7-11-14-4-1-5-15-11/h1-6H,7H2. The van der Waals surface area contributed by atoms with E-state index in [4.69, 9.17) is 4.74 Å². The minimum absolute atomic E-state index is 0.147. The van der Waals surface area contributed by atoms with Gasteiger partial charge in [-0.1, -0.05) is 15.9 Å². The molecule has 0 aliphatic rings. The summed E-state index contributed by atoms with van der Waals surface area (Å²) < 4.78 is 19.3. The van der Waals surface area contributed by atoms with Gasteiger partial charge < -0.3 is 4.74 Å². The summed E-state index contributed by atoms with van der Waals surface area (Å²) in [5.74, 6) is 0.294. The molecule has 0 unspecified atom stereocenters. The van der Waals surface area contributed by atoms with Crippen molar-refractivity contribution in [3.8, 4) is 5.75 Å². The normalized spacial score (nSPS) is 10.1. The molecule has 0 aliphatic heterocycles. The Labute approximate surface area is 100 Å². The summed E-state index contributed by atoms with van der Waals surface area (Å²) in [4.78, 5) is 7.95. The predicted molar refractivity (Wildman–Crippen MR) is 60.5 cm³/mol. The molecule has 0 bridgehead atoms. The van der Waals surface area contributed by atoms with E-state index in [1.807, 2.05) is 0 Å². The molecule has 0 radical (unpaired) electrons. The van der Waals surface area contributed by atoms with Gasteiger partial charge in [0.1, 0.15) is 6.61 Å². The number of halogens is 2. The van der Waals surface area contributed by atoms with E-state index in [-0.39, 0.29) is 12.4 Å². The third kappa shape index (κ3) is 2.76. The molecule has 0 aliphatic carbocycles. The Morgan fingerprint density at radius 3 is 2.75 bits per heavy atom. The van der Waals surface area contributed by atoms with E-state index in [9.17, 15) is 4.39 Å². The first-order valence-electron chi connectivity index (χ1n) is 4.59. The monoisotopic (exact) mass is 282 g/mol. The summed E-state index contributed by atoms with van der Waals surface area (Å²) in [5.41, 5.74) is 0. The number of hydrogen-bond donors (Lipinski definition) is 0. The maximum atomic E-state index is 13.3. The van der Waals surface area contributed by atoms with Gasteiger partial charge in [-0.3, -0.25) is 0 Å². The third-order valence-electron chi connectivity index (χ3n) is 1.87. The van der Waals surface area contributed by atoms with Crippen molar-refractivity contribution in [2.45, 2.75) is 6.61 Å². The topological polar surface area (TPSA) is 35.0 Å². The molecule has 1 heterocycles. The molecule has 82 valence electrons. The fourth-order valence-corrected chi connectivity index (χ4v) is 1.47. The van der Waals surface area contributed by atoms with E-state index in [2.05, 4.69) is 25.9 Å². The van der Waals surface area contributed by atoms with Crippen molar-refractivity contribution in [1.29, 1.82) is 0 Å². The van der Waals surface area contributed by atoms with Crippen LogP contribution in [0.4, 0.5) is 4.39 Å². The fourth-order valence-electron chi connectivity index (χ4n) is 1.13. The van der Waals surface area contributed by atoms with E-state index in [1.54, 1.807) is 30.6 Å². The van der Waals surface area contributed by atoms with Gasteiger partial charge in [0.2, 0.25) is 0 Å². The lowest BCUT2D eigenvalue weighted by atomic mass is 10.3. The summed E-state index contributed by atoms with van der Waals surface area (Å²) in [6.45, 7) is 0.147. The Morgan fingerprint density at radius 1 is 1.25 bits per heavy atom. The highest BCUT2D eigenvalue weighted by Gasteiger charge is 2.04. The molecule has 0 amide bonds. The van der Waals surface area contributed by atoms with Gasteiger partial charge in [0, 0.05) is 16.9 Å². The quantitative estimate of drug-likeness (QED) is 0.868. The van der Waals surface area contributed by atoms with Gasteiger partial charge in [0.25, 0.3) is 0 Å². The van der Waals surface area contributed by atoms with Gasteiger partial charge in [0.15, 0.2) is 17.4 Å². The van der Waals surface area contributed by atoms with Crippen molar-refractivity contribution in [2.24, 2.45) is 0 Å². The molecule has 2 rings (SSSR count). The van der Waals surface area contributed by atoms with Gasteiger partial charge >= 0.3 is 0 Å². The van der Waals surface area contributed by atoms with E-state index in [0.29, 0.717) is 5.82 Å². The molecule has 2 aromatic rings. The lowest BCUT2D eigenvalue weighted by molar-refractivity contribution is 0.281. The summed E-state index contributed by atoms with van der Waals surface area (Å²) in [6.07, 6.45) is 3.23. The number of aromatic nitrogens is 2. The summed E-state index contributed by atoms with van der Waals surface area (Å²) in [5, 5.41) is 0. The Hall–Kier alpha value is -1.49. The molecular weight excluding hydrogens is 275 g/mol. The maximum Gasteiger partial charge on any atom is 0.166 e. The van der Waals surface area contributed by atoms with Crippen molar-refractivity contribution in [3.05, 3.63) is 52.8 Å². The van der Waals surface area contributed by atoms with Crippen LogP contribution in [-0.4, -0.2) is 9.97 Å². The second kappa shape index (κ2) is 5.03. The highest BCUT2D eigenvalue weighted by molar-refractivity contribution is 9.10. The Kier molecular flexibility index (Phi) is 3.46. The molecule has 0 atom stereocenters. The van der Waals surface area contributed by atoms with Crippen LogP contribution in [0.5, 0.6) is 5.75 Å². The Bertz CT molecular complexity index is 479. The molecule has 0 N–H and O–H groups in total. The third-order valence-corrected chi connectivity index (χ3v) is 2.36. The summed E-state index contributed by atoms with van der Waals surface area (Å²) in [6, 6.07) is 6.23. The van der Waals surface area contributed by atoms with E-state index in [0.717, 1.165) is 4.47 Å². The van der Waals surface area contributed by atoms with Crippen molar-refractivity contribution in [1.82, 2.24) is 9.97 Å². The lowest BCUT2D eigenvalue weighted by Crippen LogP contribution is -2.01. The number of benzene rings is 1. The highest BCUT2D eigenvalue weighted by Crippen LogP contribution is 2.22. The molecule has 0 fully saturated rings. The highest BCUT2D eigenvalue weighted by atomic mass is 79.9. The molecule has 0 spiro atoms. The van der Waals surface area contributed by atoms with Crippen molar-refractivity contribution >= 4 is 15.9 Å². The Morgan fingerprint density at radius 2 is 2.00 bits per heavy atom. The number of hydrogen-bond acceptors (Lipinski definition) is 3. The first-order valence-corrected chi connectivity index (χ1v) is 5.39. The molecule has 5 heteroatoms. The van der Waals surface area contributed by atoms with Crippen LogP contribution in [-0.2, 0) is 6.61 Å². The first-order chi connectivity index (χ1) is 7.75. The second-order valence-corrected chi connectivity index (χ2v) is 3.94. The fraction of sp³-hybridized carbons (Fsp3) is 0.0909. The molecule has 1 aromatic carbocycles. The first kappa shape index (κ1) is 11.0. The number of ether oxygens (including phenoxy) is 1. The van der Waals surface area contributed by atoms with Gasteiger partial charge in [-0.2, -0.15) is 0 Å². The van der Waals surface area contributed by atoms with Crippen LogP contribution < -0.4 is 4.74 Å². The molecule has 0 saturated carbocycles. The molecule has 16 heavy (non-hydrogen) atoms. The van der Waals surface area contributed by atoms with Crippen molar-refractivity contribution in [2.75, 3.05) is 0 Å². The minimum Gasteiger partial charge on any atom is -0.482 e. The van der Waals surface area contributed by atoms with Crippen molar-refractivity contribution < 1.29 is 9.13 Å². The van der Waals surface area contributed by atoms with Gasteiger partial charge in [-0.05, 0) is 24.3 Å². The zero-order valence-corrected chi connectivity index (χ0v) is 9.82. The van der Waals surface area contributed by atoms with E-state index in [1.165, 1.54) is 6.07 Å². The van der Waals surface area contributed by atoms with Crippen LogP contribution in [0.15, 0.2) is 41.1 Å². The van der Waals surface area contributed by atoms with Crippen LogP contribution >= 0.6 is 15.9 Å². The lowest BCUT2D eigenvalue weighted by Gasteiger charge is -2.06. The number of rotatable bonds is 3. The maximum absolute atomic E-state index is 13.3. The van der Waals surface area contributed by atoms with Crippen LogP contribution in [0.1, 0.15) is 5.82 Å². The molecule has 1 aromatic heterocycles. The van der Waals surface area contributed by atoms with E-state index < -0.39 is 5.82 Å². The SMILES string of the molecule is Fc1ccc(Br)cc1OCc1ncccn1. The number of nitrogens with zero attached hydrogens (tertiary/aromatic N) is 2. The smallest absolute Gasteiger partial charge is 0.166 e. The van der Waals surface area contributed by atoms with Gasteiger partial charge in [0.05, 0.1) is 0 Å². The predicted octanol–water partition coefficient (Wildman–Crippen LogP) is 2.96. The largest absolute Gasteiger partial charge is 0.482 e. The second-order valence-electron chi connectivity index (χ2n) is 3.03. The average Bonchev–Trinajstić information content (AvgIpc) is 2.32. The van der Waals surface area contributed by atoms with Crippen LogP contribution in [0.25, 0.3) is 0 Å². The van der Waals surface area contributed by atoms with Gasteiger partial charge in [-0.15, -0.1) is 0 Å². The zero-order valence-electron chi connectivity index (χ0n) is 8.23. The van der Waals surface area contributed by atoms with Crippen LogP contribution in [0.2, 0.25) is 0 Å². The molecular formula is C11H8BrFN2O. The van der Waals surface area contributed by atoms with Crippen LogP contribution in [0.3, 0.4) is 0 Å². The summed E-state index contributed by atoms with van der Waals surface area (Å²) in [7, 11) is 0. The zero-order chi connectivity index (χ0) is 11.4. The average molecular weight is 283 g/mol.